The van der Waals surface area contributed by atoms with Crippen LogP contribution in [0.25, 0.3) is 0 Å². The summed E-state index contributed by atoms with van der Waals surface area (Å²) in [6.45, 7) is 5.19. The number of amides is 1. The molecule has 0 radical (unpaired) electrons. The second-order valence-electron chi connectivity index (χ2n) is 5.28. The molecule has 1 atom stereocenters. The Bertz CT molecular complexity index is 512. The molecule has 2 N–H and O–H groups in total. The lowest BCUT2D eigenvalue weighted by Crippen LogP contribution is -2.37. The normalized spacial score (nSPS) is 12.8. The van der Waals surface area contributed by atoms with Gasteiger partial charge in [-0.3, -0.25) is 9.59 Å². The molecule has 0 saturated carbocycles. The van der Waals surface area contributed by atoms with E-state index in [0.717, 1.165) is 0 Å². The summed E-state index contributed by atoms with van der Waals surface area (Å²) in [6, 6.07) is 5.71. The molecule has 5 heteroatoms. The van der Waals surface area contributed by atoms with E-state index in [0.29, 0.717) is 18.4 Å². The molecule has 0 heterocycles. The minimum atomic E-state index is -1.06. The number of hydrogen-bond donors (Lipinski definition) is 2. The largest absolute Gasteiger partial charge is 0.481 e. The summed E-state index contributed by atoms with van der Waals surface area (Å²) in [6.07, 6.45) is 0.648. The predicted molar refractivity (Wildman–Crippen MR) is 78.2 cm³/mol. The molecular formula is C16H22FNO3. The molecule has 0 unspecified atom stereocenters. The average Bonchev–Trinajstić information content (AvgIpc) is 2.44. The number of nitrogens with one attached hydrogen (secondary N) is 1. The standard InChI is InChI=1S/C16H22FNO3/c1-4-16(5-2,15(20)21)10-14(19)18-11(3)12-8-6-7-9-13(12)17/h6-9,11H,4-5,10H2,1-3H3,(H,18,19)(H,20,21)/t11-/m1/s1. The maximum atomic E-state index is 13.6. The Morgan fingerprint density at radius 1 is 1.29 bits per heavy atom. The van der Waals surface area contributed by atoms with E-state index in [4.69, 9.17) is 0 Å². The van der Waals surface area contributed by atoms with Gasteiger partial charge in [0.05, 0.1) is 11.5 Å². The van der Waals surface area contributed by atoms with Crippen molar-refractivity contribution in [1.82, 2.24) is 5.32 Å². The summed E-state index contributed by atoms with van der Waals surface area (Å²) >= 11 is 0. The molecule has 1 aromatic rings. The van der Waals surface area contributed by atoms with Gasteiger partial charge in [0.15, 0.2) is 0 Å². The number of aliphatic carboxylic acids is 1. The fraction of sp³-hybridized carbons (Fsp3) is 0.500. The number of carboxylic acid groups (broad SMARTS) is 1. The highest BCUT2D eigenvalue weighted by Gasteiger charge is 2.37. The quantitative estimate of drug-likeness (QED) is 0.811. The first-order valence-electron chi connectivity index (χ1n) is 7.13. The molecule has 21 heavy (non-hydrogen) atoms. The van der Waals surface area contributed by atoms with Gasteiger partial charge < -0.3 is 10.4 Å². The van der Waals surface area contributed by atoms with Crippen LogP contribution in [0.4, 0.5) is 4.39 Å². The van der Waals surface area contributed by atoms with E-state index in [1.165, 1.54) is 6.07 Å². The maximum Gasteiger partial charge on any atom is 0.310 e. The first-order valence-corrected chi connectivity index (χ1v) is 7.13. The molecular weight excluding hydrogens is 273 g/mol. The van der Waals surface area contributed by atoms with Crippen LogP contribution < -0.4 is 5.32 Å². The Morgan fingerprint density at radius 2 is 1.86 bits per heavy atom. The molecule has 116 valence electrons. The third kappa shape index (κ3) is 4.03. The Hall–Kier alpha value is -1.91. The first kappa shape index (κ1) is 17.1. The van der Waals surface area contributed by atoms with Crippen LogP contribution in [0.5, 0.6) is 0 Å². The number of benzene rings is 1. The molecule has 0 fully saturated rings. The fourth-order valence-corrected chi connectivity index (χ4v) is 2.38. The molecule has 1 amide bonds. The summed E-state index contributed by atoms with van der Waals surface area (Å²) in [5.74, 6) is -1.74. The van der Waals surface area contributed by atoms with Gasteiger partial charge in [0.2, 0.25) is 5.91 Å². The SMILES string of the molecule is CCC(CC)(CC(=O)N[C@H](C)c1ccccc1F)C(=O)O. The molecule has 0 saturated heterocycles. The Morgan fingerprint density at radius 3 is 2.33 bits per heavy atom. The van der Waals surface area contributed by atoms with E-state index in [2.05, 4.69) is 5.32 Å². The van der Waals surface area contributed by atoms with Crippen molar-refractivity contribution in [1.29, 1.82) is 0 Å². The summed E-state index contributed by atoms with van der Waals surface area (Å²) in [7, 11) is 0. The van der Waals surface area contributed by atoms with Crippen molar-refractivity contribution in [2.24, 2.45) is 5.41 Å². The van der Waals surface area contributed by atoms with Crippen LogP contribution >= 0.6 is 0 Å². The van der Waals surface area contributed by atoms with E-state index < -0.39 is 17.4 Å². The van der Waals surface area contributed by atoms with Gasteiger partial charge in [0, 0.05) is 12.0 Å². The van der Waals surface area contributed by atoms with Crippen LogP contribution in [-0.2, 0) is 9.59 Å². The average molecular weight is 295 g/mol. The van der Waals surface area contributed by atoms with Crippen molar-refractivity contribution < 1.29 is 19.1 Å². The summed E-state index contributed by atoms with van der Waals surface area (Å²) in [5.41, 5.74) is -0.668. The number of halogens is 1. The molecule has 0 aliphatic carbocycles. The topological polar surface area (TPSA) is 66.4 Å². The Labute approximate surface area is 124 Å². The zero-order chi connectivity index (χ0) is 16.0. The van der Waals surface area contributed by atoms with Crippen molar-refractivity contribution in [3.8, 4) is 0 Å². The molecule has 0 bridgehead atoms. The Kier molecular flexibility index (Phi) is 5.88. The highest BCUT2D eigenvalue weighted by molar-refractivity contribution is 5.85. The lowest BCUT2D eigenvalue weighted by molar-refractivity contribution is -0.152. The third-order valence-corrected chi connectivity index (χ3v) is 4.06. The van der Waals surface area contributed by atoms with E-state index in [1.54, 1.807) is 39.0 Å². The van der Waals surface area contributed by atoms with Gasteiger partial charge in [-0.25, -0.2) is 4.39 Å². The first-order chi connectivity index (χ1) is 9.86. The van der Waals surface area contributed by atoms with Crippen LogP contribution in [0.2, 0.25) is 0 Å². The molecule has 0 spiro atoms. The molecule has 0 aliphatic rings. The number of carbonyl (C=O) groups excluding carboxylic acids is 1. The van der Waals surface area contributed by atoms with Crippen LogP contribution in [0.1, 0.15) is 51.6 Å². The van der Waals surface area contributed by atoms with Crippen LogP contribution in [0.15, 0.2) is 24.3 Å². The number of carbonyl (C=O) groups is 2. The number of hydrogen-bond acceptors (Lipinski definition) is 2. The van der Waals surface area contributed by atoms with Gasteiger partial charge in [-0.2, -0.15) is 0 Å². The second kappa shape index (κ2) is 7.20. The molecule has 4 nitrogen and oxygen atoms in total. The van der Waals surface area contributed by atoms with E-state index in [9.17, 15) is 19.1 Å². The monoisotopic (exact) mass is 295 g/mol. The van der Waals surface area contributed by atoms with Gasteiger partial charge >= 0.3 is 5.97 Å². The van der Waals surface area contributed by atoms with Gasteiger partial charge in [-0.05, 0) is 25.8 Å². The smallest absolute Gasteiger partial charge is 0.310 e. The van der Waals surface area contributed by atoms with Crippen molar-refractivity contribution in [3.05, 3.63) is 35.6 Å². The van der Waals surface area contributed by atoms with Gasteiger partial charge in [0.1, 0.15) is 5.82 Å². The maximum absolute atomic E-state index is 13.6. The number of carboxylic acids is 1. The van der Waals surface area contributed by atoms with Crippen molar-refractivity contribution >= 4 is 11.9 Å². The zero-order valence-corrected chi connectivity index (χ0v) is 12.6. The van der Waals surface area contributed by atoms with Crippen molar-refractivity contribution in [2.75, 3.05) is 0 Å². The zero-order valence-electron chi connectivity index (χ0n) is 12.6. The summed E-state index contributed by atoms with van der Waals surface area (Å²) in [5, 5.41) is 12.0. The Balaban J connectivity index is 2.77. The van der Waals surface area contributed by atoms with Crippen LogP contribution in [0, 0.1) is 11.2 Å². The van der Waals surface area contributed by atoms with Gasteiger partial charge in [0.25, 0.3) is 0 Å². The molecule has 0 aromatic heterocycles. The molecule has 1 aromatic carbocycles. The highest BCUT2D eigenvalue weighted by atomic mass is 19.1. The van der Waals surface area contributed by atoms with Gasteiger partial charge in [-0.1, -0.05) is 32.0 Å². The predicted octanol–water partition coefficient (Wildman–Crippen LogP) is 3.28. The summed E-state index contributed by atoms with van der Waals surface area (Å²) < 4.78 is 13.6. The van der Waals surface area contributed by atoms with Gasteiger partial charge in [-0.15, -0.1) is 0 Å². The number of rotatable bonds is 7. The lowest BCUT2D eigenvalue weighted by Gasteiger charge is -2.26. The van der Waals surface area contributed by atoms with Crippen LogP contribution in [0.3, 0.4) is 0 Å². The minimum absolute atomic E-state index is 0.103. The molecule has 1 rings (SSSR count). The van der Waals surface area contributed by atoms with Crippen molar-refractivity contribution in [2.45, 2.75) is 46.1 Å². The minimum Gasteiger partial charge on any atom is -0.481 e. The van der Waals surface area contributed by atoms with Crippen LogP contribution in [-0.4, -0.2) is 17.0 Å². The second-order valence-corrected chi connectivity index (χ2v) is 5.28. The van der Waals surface area contributed by atoms with E-state index in [1.807, 2.05) is 0 Å². The van der Waals surface area contributed by atoms with E-state index >= 15 is 0 Å². The van der Waals surface area contributed by atoms with E-state index in [-0.39, 0.29) is 18.1 Å². The highest BCUT2D eigenvalue weighted by Crippen LogP contribution is 2.31. The summed E-state index contributed by atoms with van der Waals surface area (Å²) in [4.78, 5) is 23.5. The van der Waals surface area contributed by atoms with Crippen molar-refractivity contribution in [3.63, 3.8) is 0 Å². The fourth-order valence-electron chi connectivity index (χ4n) is 2.38. The third-order valence-electron chi connectivity index (χ3n) is 4.06. The lowest BCUT2D eigenvalue weighted by atomic mass is 9.79. The molecule has 0 aliphatic heterocycles.